The second-order valence-corrected chi connectivity index (χ2v) is 3.63. The van der Waals surface area contributed by atoms with E-state index >= 15 is 0 Å². The van der Waals surface area contributed by atoms with E-state index in [4.69, 9.17) is 5.73 Å². The zero-order valence-electron chi connectivity index (χ0n) is 7.51. The molecule has 0 saturated carbocycles. The number of halogens is 3. The molecule has 0 atom stereocenters. The maximum absolute atomic E-state index is 12.0. The summed E-state index contributed by atoms with van der Waals surface area (Å²) >= 11 is 1.16. The third kappa shape index (κ3) is 3.15. The van der Waals surface area contributed by atoms with Gasteiger partial charge in [0.25, 0.3) is 0 Å². The Morgan fingerprint density at radius 2 is 2.21 bits per heavy atom. The number of thiazole rings is 1. The van der Waals surface area contributed by atoms with Crippen molar-refractivity contribution < 1.29 is 13.2 Å². The minimum Gasteiger partial charge on any atom is -0.342 e. The Labute approximate surface area is 83.3 Å². The topological polar surface area (TPSA) is 42.2 Å². The van der Waals surface area contributed by atoms with E-state index in [9.17, 15) is 13.2 Å². The normalized spacial score (nSPS) is 11.8. The Morgan fingerprint density at radius 1 is 1.57 bits per heavy atom. The van der Waals surface area contributed by atoms with Crippen LogP contribution in [-0.2, 0) is 6.54 Å². The lowest BCUT2D eigenvalue weighted by atomic mass is 10.5. The number of nitrogens with zero attached hydrogens (tertiary/aromatic N) is 2. The first-order valence-electron chi connectivity index (χ1n) is 3.85. The van der Waals surface area contributed by atoms with E-state index in [-0.39, 0.29) is 6.54 Å². The van der Waals surface area contributed by atoms with Gasteiger partial charge >= 0.3 is 6.18 Å². The Kier molecular flexibility index (Phi) is 3.33. The van der Waals surface area contributed by atoms with Crippen LogP contribution < -0.4 is 10.6 Å². The highest BCUT2D eigenvalue weighted by molar-refractivity contribution is 7.13. The molecule has 0 aromatic carbocycles. The smallest absolute Gasteiger partial charge is 0.342 e. The van der Waals surface area contributed by atoms with Crippen LogP contribution >= 0.6 is 11.3 Å². The van der Waals surface area contributed by atoms with Crippen LogP contribution in [0.4, 0.5) is 18.3 Å². The number of aromatic nitrogens is 1. The van der Waals surface area contributed by atoms with Crippen LogP contribution in [0.25, 0.3) is 0 Å². The van der Waals surface area contributed by atoms with Crippen molar-refractivity contribution in [2.24, 2.45) is 5.73 Å². The highest BCUT2D eigenvalue weighted by Gasteiger charge is 2.30. The second kappa shape index (κ2) is 4.14. The van der Waals surface area contributed by atoms with Crippen LogP contribution in [0.3, 0.4) is 0 Å². The van der Waals surface area contributed by atoms with E-state index in [2.05, 4.69) is 4.98 Å². The fourth-order valence-electron chi connectivity index (χ4n) is 0.902. The molecule has 0 fully saturated rings. The predicted molar refractivity (Wildman–Crippen MR) is 49.3 cm³/mol. The summed E-state index contributed by atoms with van der Waals surface area (Å²) in [6.45, 7) is -0.749. The molecule has 0 radical (unpaired) electrons. The fourth-order valence-corrected chi connectivity index (χ4v) is 1.71. The lowest BCUT2D eigenvalue weighted by Crippen LogP contribution is -2.30. The first-order valence-corrected chi connectivity index (χ1v) is 4.72. The van der Waals surface area contributed by atoms with E-state index in [1.807, 2.05) is 0 Å². The summed E-state index contributed by atoms with van der Waals surface area (Å²) in [6, 6.07) is 0. The standard InChI is InChI=1S/C7H10F3N3S/c1-13(4-7(8,9)10)6-12-5(2-11)3-14-6/h3H,2,4,11H2,1H3. The molecule has 0 amide bonds. The number of hydrogen-bond donors (Lipinski definition) is 1. The van der Waals surface area contributed by atoms with E-state index < -0.39 is 12.7 Å². The number of nitrogens with two attached hydrogens (primary N) is 1. The third-order valence-electron chi connectivity index (χ3n) is 1.49. The zero-order chi connectivity index (χ0) is 10.8. The van der Waals surface area contributed by atoms with Gasteiger partial charge in [-0.25, -0.2) is 4.98 Å². The maximum Gasteiger partial charge on any atom is 0.405 e. The molecule has 0 spiro atoms. The van der Waals surface area contributed by atoms with Crippen LogP contribution in [0.1, 0.15) is 5.69 Å². The van der Waals surface area contributed by atoms with Crippen LogP contribution in [0.5, 0.6) is 0 Å². The van der Waals surface area contributed by atoms with Gasteiger partial charge in [0, 0.05) is 19.0 Å². The van der Waals surface area contributed by atoms with E-state index in [0.29, 0.717) is 10.8 Å². The highest BCUT2D eigenvalue weighted by Crippen LogP contribution is 2.23. The van der Waals surface area contributed by atoms with E-state index in [0.717, 1.165) is 16.2 Å². The molecule has 7 heteroatoms. The van der Waals surface area contributed by atoms with Gasteiger partial charge in [0.15, 0.2) is 5.13 Å². The fraction of sp³-hybridized carbons (Fsp3) is 0.571. The molecular weight excluding hydrogens is 215 g/mol. The van der Waals surface area contributed by atoms with Gasteiger partial charge < -0.3 is 10.6 Å². The zero-order valence-corrected chi connectivity index (χ0v) is 8.32. The molecule has 0 aliphatic rings. The molecule has 0 unspecified atom stereocenters. The summed E-state index contributed by atoms with van der Waals surface area (Å²) in [6.07, 6.45) is -4.21. The summed E-state index contributed by atoms with van der Waals surface area (Å²) in [7, 11) is 1.35. The minimum atomic E-state index is -4.21. The van der Waals surface area contributed by atoms with Gasteiger partial charge in [-0.15, -0.1) is 11.3 Å². The third-order valence-corrected chi connectivity index (χ3v) is 2.50. The quantitative estimate of drug-likeness (QED) is 0.849. The largest absolute Gasteiger partial charge is 0.405 e. The number of rotatable bonds is 3. The molecule has 1 aromatic rings. The summed E-state index contributed by atoms with van der Waals surface area (Å²) in [5.41, 5.74) is 5.90. The second-order valence-electron chi connectivity index (χ2n) is 2.80. The Balaban J connectivity index is 2.65. The van der Waals surface area contributed by atoms with Crippen molar-refractivity contribution >= 4 is 16.5 Å². The van der Waals surface area contributed by atoms with Crippen molar-refractivity contribution in [3.8, 4) is 0 Å². The molecular formula is C7H10F3N3S. The molecule has 0 bridgehead atoms. The van der Waals surface area contributed by atoms with Crippen molar-refractivity contribution in [2.45, 2.75) is 12.7 Å². The van der Waals surface area contributed by atoms with Gasteiger partial charge in [-0.3, -0.25) is 0 Å². The molecule has 1 heterocycles. The summed E-state index contributed by atoms with van der Waals surface area (Å²) in [5, 5.41) is 1.99. The average Bonchev–Trinajstić information content (AvgIpc) is 2.48. The van der Waals surface area contributed by atoms with Crippen LogP contribution in [0.15, 0.2) is 5.38 Å². The monoisotopic (exact) mass is 225 g/mol. The number of hydrogen-bond acceptors (Lipinski definition) is 4. The molecule has 80 valence electrons. The van der Waals surface area contributed by atoms with Crippen LogP contribution in [0.2, 0.25) is 0 Å². The summed E-state index contributed by atoms with van der Waals surface area (Å²) in [5.74, 6) is 0. The predicted octanol–water partition coefficient (Wildman–Crippen LogP) is 1.60. The van der Waals surface area contributed by atoms with Crippen molar-refractivity contribution in [3.05, 3.63) is 11.1 Å². The molecule has 1 aromatic heterocycles. The van der Waals surface area contributed by atoms with Crippen molar-refractivity contribution in [1.29, 1.82) is 0 Å². The SMILES string of the molecule is CN(CC(F)(F)F)c1nc(CN)cs1. The van der Waals surface area contributed by atoms with Gasteiger partial charge in [0.1, 0.15) is 6.54 Å². The molecule has 0 aliphatic heterocycles. The molecule has 0 aliphatic carbocycles. The number of alkyl halides is 3. The van der Waals surface area contributed by atoms with Crippen molar-refractivity contribution in [1.82, 2.24) is 4.98 Å². The minimum absolute atomic E-state index is 0.246. The van der Waals surface area contributed by atoms with Gasteiger partial charge in [-0.2, -0.15) is 13.2 Å². The van der Waals surface area contributed by atoms with Crippen molar-refractivity contribution in [3.63, 3.8) is 0 Å². The first-order chi connectivity index (χ1) is 6.42. The molecule has 2 N–H and O–H groups in total. The average molecular weight is 225 g/mol. The summed E-state index contributed by atoms with van der Waals surface area (Å²) < 4.78 is 36.0. The Bertz CT molecular complexity index is 297. The Morgan fingerprint density at radius 3 is 2.64 bits per heavy atom. The Hall–Kier alpha value is -0.820. The lowest BCUT2D eigenvalue weighted by Gasteiger charge is -2.17. The van der Waals surface area contributed by atoms with Crippen molar-refractivity contribution in [2.75, 3.05) is 18.5 Å². The molecule has 14 heavy (non-hydrogen) atoms. The molecule has 3 nitrogen and oxygen atoms in total. The van der Waals surface area contributed by atoms with Crippen LogP contribution in [-0.4, -0.2) is 24.8 Å². The van der Waals surface area contributed by atoms with Crippen LogP contribution in [0, 0.1) is 0 Å². The van der Waals surface area contributed by atoms with E-state index in [1.54, 1.807) is 5.38 Å². The highest BCUT2D eigenvalue weighted by atomic mass is 32.1. The lowest BCUT2D eigenvalue weighted by molar-refractivity contribution is -0.119. The van der Waals surface area contributed by atoms with Gasteiger partial charge in [0.2, 0.25) is 0 Å². The molecule has 1 rings (SSSR count). The first kappa shape index (κ1) is 11.3. The maximum atomic E-state index is 12.0. The van der Waals surface area contributed by atoms with Gasteiger partial charge in [-0.1, -0.05) is 0 Å². The van der Waals surface area contributed by atoms with E-state index in [1.165, 1.54) is 7.05 Å². The number of anilines is 1. The molecule has 0 saturated heterocycles. The van der Waals surface area contributed by atoms with Gasteiger partial charge in [-0.05, 0) is 0 Å². The summed E-state index contributed by atoms with van der Waals surface area (Å²) in [4.78, 5) is 4.99. The van der Waals surface area contributed by atoms with Gasteiger partial charge in [0.05, 0.1) is 5.69 Å².